The second-order valence-electron chi connectivity index (χ2n) is 4.59. The summed E-state index contributed by atoms with van der Waals surface area (Å²) in [6, 6.07) is 7.39. The van der Waals surface area contributed by atoms with Gasteiger partial charge in [0.1, 0.15) is 5.60 Å². The first kappa shape index (κ1) is 14.4. The molecule has 4 nitrogen and oxygen atoms in total. The van der Waals surface area contributed by atoms with Crippen molar-refractivity contribution in [2.24, 2.45) is 0 Å². The molecule has 0 aliphatic heterocycles. The quantitative estimate of drug-likeness (QED) is 0.829. The van der Waals surface area contributed by atoms with Crippen molar-refractivity contribution < 1.29 is 9.90 Å². The van der Waals surface area contributed by atoms with Crippen LogP contribution in [-0.2, 0) is 10.4 Å². The molecule has 0 bridgehead atoms. The number of carbonyl (C=O) groups is 1. The van der Waals surface area contributed by atoms with E-state index in [0.29, 0.717) is 0 Å². The number of amides is 1. The zero-order chi connectivity index (χ0) is 14.4. The van der Waals surface area contributed by atoms with E-state index in [1.54, 1.807) is 31.5 Å². The fourth-order valence-corrected chi connectivity index (χ4v) is 2.42. The van der Waals surface area contributed by atoms with E-state index < -0.39 is 5.60 Å². The highest BCUT2D eigenvalue weighted by Gasteiger charge is 2.24. The van der Waals surface area contributed by atoms with Crippen molar-refractivity contribution in [3.8, 4) is 0 Å². The molecular weight excluding hydrogens is 272 g/mol. The Labute approximate surface area is 121 Å². The van der Waals surface area contributed by atoms with E-state index in [4.69, 9.17) is 0 Å². The molecule has 1 unspecified atom stereocenters. The molecule has 0 spiro atoms. The summed E-state index contributed by atoms with van der Waals surface area (Å²) in [7, 11) is 0. The van der Waals surface area contributed by atoms with Crippen LogP contribution in [0.4, 0.5) is 0 Å². The Bertz CT molecular complexity index is 577. The molecule has 1 amide bonds. The lowest BCUT2D eigenvalue weighted by Crippen LogP contribution is -2.37. The summed E-state index contributed by atoms with van der Waals surface area (Å²) in [5.74, 6) is -0.245. The van der Waals surface area contributed by atoms with Crippen LogP contribution in [0.25, 0.3) is 6.08 Å². The maximum Gasteiger partial charge on any atom is 0.244 e. The summed E-state index contributed by atoms with van der Waals surface area (Å²) in [6.45, 7) is 1.85. The second kappa shape index (κ2) is 6.45. The number of pyridine rings is 1. The second-order valence-corrected chi connectivity index (χ2v) is 5.54. The van der Waals surface area contributed by atoms with Gasteiger partial charge in [-0.3, -0.25) is 9.78 Å². The molecule has 2 N–H and O–H groups in total. The molecule has 0 aromatic carbocycles. The molecular formula is C15H16N2O2S. The van der Waals surface area contributed by atoms with Crippen LogP contribution in [-0.4, -0.2) is 22.5 Å². The third kappa shape index (κ3) is 4.01. The molecule has 20 heavy (non-hydrogen) atoms. The van der Waals surface area contributed by atoms with Gasteiger partial charge in [-0.1, -0.05) is 12.1 Å². The Morgan fingerprint density at radius 3 is 3.00 bits per heavy atom. The molecule has 2 rings (SSSR count). The lowest BCUT2D eigenvalue weighted by Gasteiger charge is -2.21. The molecule has 2 aromatic heterocycles. The number of thiophene rings is 1. The van der Waals surface area contributed by atoms with Crippen LogP contribution >= 0.6 is 11.3 Å². The van der Waals surface area contributed by atoms with Crippen molar-refractivity contribution in [1.82, 2.24) is 10.3 Å². The minimum absolute atomic E-state index is 0.170. The Hall–Kier alpha value is -1.98. The van der Waals surface area contributed by atoms with Crippen molar-refractivity contribution in [3.05, 3.63) is 58.6 Å². The Morgan fingerprint density at radius 1 is 1.50 bits per heavy atom. The molecule has 0 aliphatic carbocycles. The number of carbonyl (C=O) groups excluding carboxylic acids is 1. The number of nitrogens with zero attached hydrogens (tertiary/aromatic N) is 1. The maximum absolute atomic E-state index is 11.7. The monoisotopic (exact) mass is 288 g/mol. The van der Waals surface area contributed by atoms with Crippen LogP contribution in [0.2, 0.25) is 0 Å². The molecule has 0 aliphatic rings. The van der Waals surface area contributed by atoms with Crippen LogP contribution in [0, 0.1) is 0 Å². The van der Waals surface area contributed by atoms with Gasteiger partial charge in [-0.25, -0.2) is 0 Å². The van der Waals surface area contributed by atoms with Crippen molar-refractivity contribution in [1.29, 1.82) is 0 Å². The van der Waals surface area contributed by atoms with Crippen LogP contribution < -0.4 is 5.32 Å². The van der Waals surface area contributed by atoms with Crippen LogP contribution in [0.15, 0.2) is 48.1 Å². The van der Waals surface area contributed by atoms with Crippen LogP contribution in [0.5, 0.6) is 0 Å². The zero-order valence-electron chi connectivity index (χ0n) is 11.1. The largest absolute Gasteiger partial charge is 0.383 e. The first-order valence-corrected chi connectivity index (χ1v) is 7.08. The molecule has 5 heteroatoms. The average molecular weight is 288 g/mol. The first-order chi connectivity index (χ1) is 9.58. The van der Waals surface area contributed by atoms with Gasteiger partial charge in [0, 0.05) is 23.3 Å². The van der Waals surface area contributed by atoms with E-state index in [1.165, 1.54) is 17.4 Å². The highest BCUT2D eigenvalue weighted by Crippen LogP contribution is 2.24. The van der Waals surface area contributed by atoms with E-state index in [1.807, 2.05) is 23.6 Å². The minimum Gasteiger partial charge on any atom is -0.383 e. The van der Waals surface area contributed by atoms with E-state index in [9.17, 15) is 9.90 Å². The predicted molar refractivity (Wildman–Crippen MR) is 80.2 cm³/mol. The smallest absolute Gasteiger partial charge is 0.244 e. The topological polar surface area (TPSA) is 62.2 Å². The number of rotatable bonds is 5. The van der Waals surface area contributed by atoms with E-state index in [-0.39, 0.29) is 12.5 Å². The summed E-state index contributed by atoms with van der Waals surface area (Å²) < 4.78 is 0. The number of nitrogens with one attached hydrogen (secondary N) is 1. The fourth-order valence-electron chi connectivity index (χ4n) is 1.64. The number of hydrogen-bond donors (Lipinski definition) is 2. The first-order valence-electron chi connectivity index (χ1n) is 6.20. The molecule has 2 heterocycles. The predicted octanol–water partition coefficient (Wildman–Crippen LogP) is 2.18. The Balaban J connectivity index is 1.88. The summed E-state index contributed by atoms with van der Waals surface area (Å²) in [5.41, 5.74) is -0.195. The average Bonchev–Trinajstić information content (AvgIpc) is 2.99. The van der Waals surface area contributed by atoms with Crippen molar-refractivity contribution in [3.63, 3.8) is 0 Å². The van der Waals surface area contributed by atoms with E-state index >= 15 is 0 Å². The van der Waals surface area contributed by atoms with Gasteiger partial charge in [-0.2, -0.15) is 0 Å². The number of aliphatic hydroxyl groups is 1. The summed E-state index contributed by atoms with van der Waals surface area (Å²) >= 11 is 1.46. The fraction of sp³-hybridized carbons (Fsp3) is 0.200. The van der Waals surface area contributed by atoms with E-state index in [2.05, 4.69) is 10.3 Å². The SMILES string of the molecule is CC(O)(CNC(=O)/C=C/c1cccnc1)c1cccs1. The van der Waals surface area contributed by atoms with Gasteiger partial charge in [0.15, 0.2) is 0 Å². The van der Waals surface area contributed by atoms with Gasteiger partial charge >= 0.3 is 0 Å². The Kier molecular flexibility index (Phi) is 4.65. The van der Waals surface area contributed by atoms with Gasteiger partial charge < -0.3 is 10.4 Å². The van der Waals surface area contributed by atoms with Crippen molar-refractivity contribution >= 4 is 23.3 Å². The molecule has 104 valence electrons. The summed E-state index contributed by atoms with van der Waals surface area (Å²) in [6.07, 6.45) is 6.46. The summed E-state index contributed by atoms with van der Waals surface area (Å²) in [4.78, 5) is 16.5. The maximum atomic E-state index is 11.7. The lowest BCUT2D eigenvalue weighted by atomic mass is 10.1. The number of hydrogen-bond acceptors (Lipinski definition) is 4. The third-order valence-corrected chi connectivity index (χ3v) is 3.89. The van der Waals surface area contributed by atoms with Gasteiger partial charge in [-0.05, 0) is 36.1 Å². The van der Waals surface area contributed by atoms with Gasteiger partial charge in [0.05, 0.1) is 6.54 Å². The summed E-state index contributed by atoms with van der Waals surface area (Å²) in [5, 5.41) is 14.9. The third-order valence-electron chi connectivity index (χ3n) is 2.77. The highest BCUT2D eigenvalue weighted by molar-refractivity contribution is 7.10. The van der Waals surface area contributed by atoms with Gasteiger partial charge in [-0.15, -0.1) is 11.3 Å². The zero-order valence-corrected chi connectivity index (χ0v) is 11.9. The normalized spacial score (nSPS) is 14.1. The minimum atomic E-state index is -1.05. The van der Waals surface area contributed by atoms with Crippen LogP contribution in [0.1, 0.15) is 17.4 Å². The highest BCUT2D eigenvalue weighted by atomic mass is 32.1. The lowest BCUT2D eigenvalue weighted by molar-refractivity contribution is -0.117. The van der Waals surface area contributed by atoms with Crippen molar-refractivity contribution in [2.45, 2.75) is 12.5 Å². The van der Waals surface area contributed by atoms with Gasteiger partial charge in [0.2, 0.25) is 5.91 Å². The molecule has 1 atom stereocenters. The van der Waals surface area contributed by atoms with Gasteiger partial charge in [0.25, 0.3) is 0 Å². The molecule has 0 saturated carbocycles. The molecule has 0 radical (unpaired) electrons. The Morgan fingerprint density at radius 2 is 2.35 bits per heavy atom. The molecule has 2 aromatic rings. The molecule has 0 fully saturated rings. The number of aromatic nitrogens is 1. The molecule has 0 saturated heterocycles. The standard InChI is InChI=1S/C15H16N2O2S/c1-15(19,13-5-3-9-20-13)11-17-14(18)7-6-12-4-2-8-16-10-12/h2-10,19H,11H2,1H3,(H,17,18)/b7-6+. The van der Waals surface area contributed by atoms with E-state index in [0.717, 1.165) is 10.4 Å². The van der Waals surface area contributed by atoms with Crippen molar-refractivity contribution in [2.75, 3.05) is 6.54 Å². The van der Waals surface area contributed by atoms with Crippen LogP contribution in [0.3, 0.4) is 0 Å².